The number of piperazine rings is 1. The summed E-state index contributed by atoms with van der Waals surface area (Å²) in [4.78, 5) is 39.0. The Labute approximate surface area is 237 Å². The number of halogens is 2. The van der Waals surface area contributed by atoms with Crippen LogP contribution in [0.3, 0.4) is 0 Å². The maximum atomic E-state index is 13.2. The highest BCUT2D eigenvalue weighted by molar-refractivity contribution is 7.21. The van der Waals surface area contributed by atoms with Crippen molar-refractivity contribution in [2.75, 3.05) is 41.3 Å². The molecule has 38 heavy (non-hydrogen) atoms. The minimum absolute atomic E-state index is 0.331. The summed E-state index contributed by atoms with van der Waals surface area (Å²) in [6.07, 6.45) is 4.88. The second-order valence-electron chi connectivity index (χ2n) is 9.87. The first-order chi connectivity index (χ1) is 18.4. The van der Waals surface area contributed by atoms with Crippen LogP contribution in [-0.4, -0.2) is 65.2 Å². The van der Waals surface area contributed by atoms with Crippen molar-refractivity contribution in [3.63, 3.8) is 0 Å². The van der Waals surface area contributed by atoms with Crippen LogP contribution < -0.4 is 20.4 Å². The fraction of sp³-hybridized carbons (Fsp3) is 0.440. The summed E-state index contributed by atoms with van der Waals surface area (Å²) >= 11 is 15.8. The lowest BCUT2D eigenvalue weighted by molar-refractivity contribution is -0.142. The van der Waals surface area contributed by atoms with Gasteiger partial charge in [0.1, 0.15) is 16.5 Å². The van der Waals surface area contributed by atoms with E-state index in [-0.39, 0.29) is 11.8 Å². The van der Waals surface area contributed by atoms with Crippen LogP contribution in [0.2, 0.25) is 10.0 Å². The van der Waals surface area contributed by atoms with E-state index in [1.807, 2.05) is 16.3 Å². The van der Waals surface area contributed by atoms with E-state index in [9.17, 15) is 14.7 Å². The highest BCUT2D eigenvalue weighted by Gasteiger charge is 2.36. The topological polar surface area (TPSA) is 111 Å². The number of pyridine rings is 1. The van der Waals surface area contributed by atoms with Gasteiger partial charge in [-0.15, -0.1) is 11.3 Å². The van der Waals surface area contributed by atoms with E-state index in [0.717, 1.165) is 35.1 Å². The Morgan fingerprint density at radius 1 is 1.16 bits per heavy atom. The van der Waals surface area contributed by atoms with Gasteiger partial charge in [-0.25, -0.2) is 9.97 Å². The Hall–Kier alpha value is -2.44. The first kappa shape index (κ1) is 25.8. The number of hydrogen-bond donors (Lipinski definition) is 3. The third-order valence-electron chi connectivity index (χ3n) is 7.47. The first-order valence-electron chi connectivity index (χ1n) is 12.6. The summed E-state index contributed by atoms with van der Waals surface area (Å²) in [6.45, 7) is 2.97. The lowest BCUT2D eigenvalue weighted by Gasteiger charge is -2.46. The molecular formula is C25H26Cl2N6O3S2. The molecule has 1 amide bonds. The molecule has 4 saturated heterocycles. The van der Waals surface area contributed by atoms with E-state index in [1.165, 1.54) is 24.0 Å². The molecule has 9 nitrogen and oxygen atoms in total. The Balaban J connectivity index is 1.21. The molecule has 7 rings (SSSR count). The normalized spacial score (nSPS) is 21.6. The minimum atomic E-state index is -0.768. The van der Waals surface area contributed by atoms with Gasteiger partial charge in [-0.1, -0.05) is 34.5 Å². The van der Waals surface area contributed by atoms with Crippen molar-refractivity contribution < 1.29 is 14.7 Å². The smallest absolute Gasteiger partial charge is 0.306 e. The number of carboxylic acids is 1. The van der Waals surface area contributed by atoms with Gasteiger partial charge in [-0.2, -0.15) is 0 Å². The predicted octanol–water partition coefficient (Wildman–Crippen LogP) is 5.07. The van der Waals surface area contributed by atoms with Crippen molar-refractivity contribution in [1.29, 1.82) is 0 Å². The molecule has 0 saturated carbocycles. The molecular weight excluding hydrogens is 567 g/mol. The van der Waals surface area contributed by atoms with Crippen LogP contribution in [0.25, 0.3) is 10.6 Å². The molecule has 4 aliphatic rings. The van der Waals surface area contributed by atoms with E-state index >= 15 is 0 Å². The number of hydrogen-bond acceptors (Lipinski definition) is 9. The van der Waals surface area contributed by atoms with Gasteiger partial charge in [-0.3, -0.25) is 14.9 Å². The lowest BCUT2D eigenvalue weighted by atomic mass is 9.93. The first-order valence-corrected chi connectivity index (χ1v) is 15.0. The zero-order valence-electron chi connectivity index (χ0n) is 20.3. The summed E-state index contributed by atoms with van der Waals surface area (Å²) in [5.41, 5.74) is 1.17. The van der Waals surface area contributed by atoms with Crippen LogP contribution in [0.15, 0.2) is 23.7 Å². The quantitative estimate of drug-likeness (QED) is 0.364. The number of carbonyl (C=O) groups is 2. The van der Waals surface area contributed by atoms with Gasteiger partial charge in [0.15, 0.2) is 5.13 Å². The van der Waals surface area contributed by atoms with Crippen molar-refractivity contribution in [2.45, 2.75) is 37.8 Å². The van der Waals surface area contributed by atoms with E-state index < -0.39 is 5.97 Å². The van der Waals surface area contributed by atoms with Gasteiger partial charge in [0.2, 0.25) is 0 Å². The summed E-state index contributed by atoms with van der Waals surface area (Å²) in [5, 5.41) is 20.2. The average molecular weight is 594 g/mol. The minimum Gasteiger partial charge on any atom is -0.481 e. The van der Waals surface area contributed by atoms with Crippen molar-refractivity contribution in [1.82, 2.24) is 15.3 Å². The molecule has 4 fully saturated rings. The van der Waals surface area contributed by atoms with Crippen LogP contribution in [-0.2, 0) is 4.79 Å². The number of nitrogens with zero attached hydrogens (tertiary/aromatic N) is 4. The van der Waals surface area contributed by atoms with Gasteiger partial charge in [0.25, 0.3) is 5.91 Å². The van der Waals surface area contributed by atoms with E-state index in [0.29, 0.717) is 64.6 Å². The molecule has 200 valence electrons. The molecule has 0 aromatic carbocycles. The highest BCUT2D eigenvalue weighted by Crippen LogP contribution is 2.44. The number of nitrogens with one attached hydrogen (secondary N) is 2. The van der Waals surface area contributed by atoms with Gasteiger partial charge < -0.3 is 20.2 Å². The van der Waals surface area contributed by atoms with Crippen molar-refractivity contribution >= 4 is 73.7 Å². The maximum absolute atomic E-state index is 13.2. The maximum Gasteiger partial charge on any atom is 0.306 e. The number of aromatic nitrogens is 2. The van der Waals surface area contributed by atoms with Crippen molar-refractivity contribution in [3.8, 4) is 10.6 Å². The number of fused-ring (bicyclic) bond motifs is 3. The van der Waals surface area contributed by atoms with Gasteiger partial charge in [-0.05, 0) is 37.8 Å². The molecule has 3 N–H and O–H groups in total. The van der Waals surface area contributed by atoms with Crippen molar-refractivity contribution in [2.24, 2.45) is 5.92 Å². The van der Waals surface area contributed by atoms with Crippen LogP contribution >= 0.6 is 45.9 Å². The summed E-state index contributed by atoms with van der Waals surface area (Å²) in [5.74, 6) is -0.886. The molecule has 2 unspecified atom stereocenters. The number of rotatable bonds is 6. The fourth-order valence-electron chi connectivity index (χ4n) is 5.41. The predicted molar refractivity (Wildman–Crippen MR) is 152 cm³/mol. The largest absolute Gasteiger partial charge is 0.481 e. The molecule has 0 aliphatic carbocycles. The molecule has 0 radical (unpaired) electrons. The molecule has 7 heterocycles. The standard InChI is InChI=1S/C25H26Cl2N6O3S2/c26-15-8-19(37-12-15)20-23(33-11-16-1-2-17(33)10-28-16)38-25(30-20)31-22(34)14-7-18(27)21(29-9-14)32-5-3-13(4-6-32)24(35)36/h7-9,12-13,16-17,28H,1-6,10-11H2,(H,35,36)(H,30,31,34). The number of amides is 1. The molecule has 13 heteroatoms. The van der Waals surface area contributed by atoms with Crippen molar-refractivity contribution in [3.05, 3.63) is 39.3 Å². The highest BCUT2D eigenvalue weighted by atomic mass is 35.5. The van der Waals surface area contributed by atoms with E-state index in [4.69, 9.17) is 28.2 Å². The van der Waals surface area contributed by atoms with Crippen LogP contribution in [0.1, 0.15) is 36.0 Å². The Morgan fingerprint density at radius 2 is 1.97 bits per heavy atom. The molecule has 2 atom stereocenters. The zero-order chi connectivity index (χ0) is 26.4. The number of carbonyl (C=O) groups excluding carboxylic acids is 1. The summed E-state index contributed by atoms with van der Waals surface area (Å²) in [6, 6.07) is 4.38. The Bertz CT molecular complexity index is 1360. The second-order valence-corrected chi connectivity index (χ2v) is 12.6. The van der Waals surface area contributed by atoms with Gasteiger partial charge >= 0.3 is 5.97 Å². The van der Waals surface area contributed by atoms with Crippen LogP contribution in [0.4, 0.5) is 16.0 Å². The van der Waals surface area contributed by atoms with Gasteiger partial charge in [0.05, 0.1) is 26.4 Å². The third kappa shape index (κ3) is 5.10. The molecule has 2 bridgehead atoms. The number of thiazole rings is 1. The summed E-state index contributed by atoms with van der Waals surface area (Å²) < 4.78 is 0. The number of aliphatic carboxylic acids is 1. The summed E-state index contributed by atoms with van der Waals surface area (Å²) in [7, 11) is 0. The third-order valence-corrected chi connectivity index (χ3v) is 10.0. The zero-order valence-corrected chi connectivity index (χ0v) is 23.5. The number of thiophene rings is 1. The SMILES string of the molecule is O=C(Nc1nc(-c2cc(Cl)cs2)c(N2CC3CCC2CN3)s1)c1cnc(N2CCC(C(=O)O)CC2)c(Cl)c1. The Morgan fingerprint density at radius 3 is 2.58 bits per heavy atom. The second kappa shape index (κ2) is 10.6. The molecule has 3 aromatic rings. The van der Waals surface area contributed by atoms with Crippen LogP contribution in [0.5, 0.6) is 0 Å². The number of carboxylic acid groups (broad SMARTS) is 1. The molecule has 0 spiro atoms. The van der Waals surface area contributed by atoms with Gasteiger partial charge in [0, 0.05) is 49.8 Å². The molecule has 3 aromatic heterocycles. The molecule has 4 aliphatic heterocycles. The number of piperidine rings is 3. The monoisotopic (exact) mass is 592 g/mol. The fourth-order valence-corrected chi connectivity index (χ4v) is 7.88. The van der Waals surface area contributed by atoms with E-state index in [2.05, 4.69) is 20.5 Å². The van der Waals surface area contributed by atoms with E-state index in [1.54, 1.807) is 17.4 Å². The lowest BCUT2D eigenvalue weighted by Crippen LogP contribution is -2.61. The number of anilines is 3. The average Bonchev–Trinajstić information content (AvgIpc) is 3.55. The van der Waals surface area contributed by atoms with Crippen LogP contribution in [0, 0.1) is 5.92 Å². The Kier molecular flexibility index (Phi) is 7.21.